The summed E-state index contributed by atoms with van der Waals surface area (Å²) in [5, 5.41) is 4.01. The van der Waals surface area contributed by atoms with Gasteiger partial charge in [-0.1, -0.05) is 11.6 Å². The summed E-state index contributed by atoms with van der Waals surface area (Å²) in [5.41, 5.74) is 2.17. The average molecular weight is 326 g/mol. The number of methoxy groups -OCH3 is 2. The van der Waals surface area contributed by atoms with Crippen LogP contribution >= 0.6 is 22.9 Å². The number of nitrogens with one attached hydrogen (secondary N) is 1. The van der Waals surface area contributed by atoms with Crippen molar-refractivity contribution in [3.63, 3.8) is 0 Å². The summed E-state index contributed by atoms with van der Waals surface area (Å²) >= 11 is 7.94. The van der Waals surface area contributed by atoms with Crippen molar-refractivity contribution in [1.29, 1.82) is 0 Å². The molecular formula is C16H20ClNO2S. The molecule has 0 spiro atoms. The van der Waals surface area contributed by atoms with Gasteiger partial charge in [0.2, 0.25) is 0 Å². The molecule has 3 nitrogen and oxygen atoms in total. The molecule has 0 saturated carbocycles. The van der Waals surface area contributed by atoms with E-state index in [1.807, 2.05) is 17.4 Å². The van der Waals surface area contributed by atoms with Gasteiger partial charge >= 0.3 is 0 Å². The van der Waals surface area contributed by atoms with Crippen molar-refractivity contribution in [2.24, 2.45) is 0 Å². The van der Waals surface area contributed by atoms with Crippen LogP contribution in [0.4, 0.5) is 5.69 Å². The molecule has 1 heterocycles. The van der Waals surface area contributed by atoms with Gasteiger partial charge in [0.05, 0.1) is 24.9 Å². The van der Waals surface area contributed by atoms with Crippen LogP contribution in [0.2, 0.25) is 5.02 Å². The van der Waals surface area contributed by atoms with Crippen LogP contribution in [-0.2, 0) is 0 Å². The van der Waals surface area contributed by atoms with E-state index in [1.165, 1.54) is 15.3 Å². The predicted molar refractivity (Wildman–Crippen MR) is 90.4 cm³/mol. The number of halogens is 1. The summed E-state index contributed by atoms with van der Waals surface area (Å²) in [5.74, 6) is 1.34. The number of aryl methyl sites for hydroxylation is 2. The molecule has 0 fully saturated rings. The van der Waals surface area contributed by atoms with Crippen molar-refractivity contribution in [3.05, 3.63) is 38.5 Å². The topological polar surface area (TPSA) is 30.5 Å². The van der Waals surface area contributed by atoms with E-state index in [4.69, 9.17) is 21.1 Å². The van der Waals surface area contributed by atoms with Gasteiger partial charge in [-0.25, -0.2) is 0 Å². The number of hydrogen-bond acceptors (Lipinski definition) is 4. The molecule has 0 radical (unpaired) electrons. The van der Waals surface area contributed by atoms with Crippen LogP contribution < -0.4 is 14.8 Å². The Balaban J connectivity index is 2.32. The molecule has 1 atom stereocenters. The van der Waals surface area contributed by atoms with Gasteiger partial charge in [0, 0.05) is 27.9 Å². The smallest absolute Gasteiger partial charge is 0.143 e. The number of anilines is 1. The number of hydrogen-bond donors (Lipinski definition) is 1. The summed E-state index contributed by atoms with van der Waals surface area (Å²) in [7, 11) is 3.24. The number of benzene rings is 1. The minimum Gasteiger partial charge on any atom is -0.495 e. The normalized spacial score (nSPS) is 12.1. The summed E-state index contributed by atoms with van der Waals surface area (Å²) in [6.07, 6.45) is 0. The molecule has 2 aromatic rings. The van der Waals surface area contributed by atoms with Crippen LogP contribution in [0.15, 0.2) is 18.2 Å². The third kappa shape index (κ3) is 3.44. The van der Waals surface area contributed by atoms with E-state index in [0.717, 1.165) is 5.69 Å². The quantitative estimate of drug-likeness (QED) is 0.818. The molecule has 2 rings (SSSR count). The van der Waals surface area contributed by atoms with Crippen molar-refractivity contribution in [3.8, 4) is 11.5 Å². The lowest BCUT2D eigenvalue weighted by molar-refractivity contribution is 0.404. The summed E-state index contributed by atoms with van der Waals surface area (Å²) in [6.45, 7) is 6.40. The molecule has 0 saturated heterocycles. The van der Waals surface area contributed by atoms with Crippen LogP contribution in [0.3, 0.4) is 0 Å². The summed E-state index contributed by atoms with van der Waals surface area (Å²) < 4.78 is 10.7. The molecule has 1 unspecified atom stereocenters. The Labute approximate surface area is 134 Å². The Morgan fingerprint density at radius 3 is 2.29 bits per heavy atom. The molecular weight excluding hydrogens is 306 g/mol. The van der Waals surface area contributed by atoms with Crippen molar-refractivity contribution >= 4 is 28.6 Å². The first-order chi connectivity index (χ1) is 9.96. The first-order valence-corrected chi connectivity index (χ1v) is 7.90. The minimum absolute atomic E-state index is 0.176. The van der Waals surface area contributed by atoms with Crippen LogP contribution in [0.1, 0.15) is 28.3 Å². The third-order valence-electron chi connectivity index (χ3n) is 3.39. The molecule has 0 aliphatic carbocycles. The highest BCUT2D eigenvalue weighted by atomic mass is 35.5. The van der Waals surface area contributed by atoms with E-state index in [2.05, 4.69) is 32.2 Å². The minimum atomic E-state index is 0.176. The fourth-order valence-corrected chi connectivity index (χ4v) is 3.62. The Hall–Kier alpha value is -1.39. The second-order valence-electron chi connectivity index (χ2n) is 4.92. The number of thiophene rings is 1. The molecule has 0 amide bonds. The largest absolute Gasteiger partial charge is 0.495 e. The van der Waals surface area contributed by atoms with E-state index < -0.39 is 0 Å². The Morgan fingerprint density at radius 1 is 1.10 bits per heavy atom. The Bertz CT molecular complexity index is 639. The van der Waals surface area contributed by atoms with Gasteiger partial charge in [-0.2, -0.15) is 0 Å². The fraction of sp³-hybridized carbons (Fsp3) is 0.375. The highest BCUT2D eigenvalue weighted by Crippen LogP contribution is 2.38. The summed E-state index contributed by atoms with van der Waals surface area (Å²) in [6, 6.07) is 6.03. The maximum absolute atomic E-state index is 6.13. The Kier molecular flexibility index (Phi) is 5.01. The van der Waals surface area contributed by atoms with E-state index >= 15 is 0 Å². The number of ether oxygens (including phenoxy) is 2. The zero-order chi connectivity index (χ0) is 15.6. The van der Waals surface area contributed by atoms with Gasteiger partial charge in [0.15, 0.2) is 0 Å². The lowest BCUT2D eigenvalue weighted by atomic mass is 10.1. The zero-order valence-corrected chi connectivity index (χ0v) is 14.5. The lowest BCUT2D eigenvalue weighted by Crippen LogP contribution is -2.08. The van der Waals surface area contributed by atoms with Crippen molar-refractivity contribution < 1.29 is 9.47 Å². The van der Waals surface area contributed by atoms with Crippen molar-refractivity contribution in [1.82, 2.24) is 0 Å². The van der Waals surface area contributed by atoms with E-state index in [-0.39, 0.29) is 6.04 Å². The number of rotatable bonds is 5. The molecule has 1 aromatic carbocycles. The molecule has 1 N–H and O–H groups in total. The average Bonchev–Trinajstić information content (AvgIpc) is 2.79. The van der Waals surface area contributed by atoms with Gasteiger partial charge in [-0.05, 0) is 32.4 Å². The van der Waals surface area contributed by atoms with Crippen molar-refractivity contribution in [2.75, 3.05) is 19.5 Å². The molecule has 1 aromatic heterocycles. The zero-order valence-electron chi connectivity index (χ0n) is 12.9. The maximum atomic E-state index is 6.13. The van der Waals surface area contributed by atoms with Crippen LogP contribution in [0.5, 0.6) is 11.5 Å². The van der Waals surface area contributed by atoms with Gasteiger partial charge in [-0.15, -0.1) is 11.3 Å². The van der Waals surface area contributed by atoms with Gasteiger partial charge in [0.25, 0.3) is 0 Å². The molecule has 5 heteroatoms. The molecule has 21 heavy (non-hydrogen) atoms. The molecule has 0 aliphatic heterocycles. The monoisotopic (exact) mass is 325 g/mol. The first-order valence-electron chi connectivity index (χ1n) is 6.71. The van der Waals surface area contributed by atoms with Gasteiger partial charge in [-0.3, -0.25) is 0 Å². The van der Waals surface area contributed by atoms with Gasteiger partial charge < -0.3 is 14.8 Å². The second-order valence-corrected chi connectivity index (χ2v) is 6.79. The van der Waals surface area contributed by atoms with Gasteiger partial charge in [0.1, 0.15) is 11.5 Å². The van der Waals surface area contributed by atoms with Crippen LogP contribution in [0, 0.1) is 13.8 Å². The van der Waals surface area contributed by atoms with Crippen molar-refractivity contribution in [2.45, 2.75) is 26.8 Å². The predicted octanol–water partition coefficient (Wildman–Crippen LogP) is 5.21. The first kappa shape index (κ1) is 16.0. The molecule has 0 aliphatic rings. The SMILES string of the molecule is COc1cc(NC(C)c2cc(C)sc2C)c(OC)cc1Cl. The highest BCUT2D eigenvalue weighted by Gasteiger charge is 2.15. The van der Waals surface area contributed by atoms with E-state index in [0.29, 0.717) is 16.5 Å². The highest BCUT2D eigenvalue weighted by molar-refractivity contribution is 7.12. The third-order valence-corrected chi connectivity index (χ3v) is 4.67. The Morgan fingerprint density at radius 2 is 1.76 bits per heavy atom. The standard InChI is InChI=1S/C16H20ClNO2S/c1-9-6-12(11(3)21-9)10(2)18-14-8-15(19-4)13(17)7-16(14)20-5/h6-8,10,18H,1-5H3. The maximum Gasteiger partial charge on any atom is 0.143 e. The molecule has 114 valence electrons. The van der Waals surface area contributed by atoms with Crippen LogP contribution in [0.25, 0.3) is 0 Å². The molecule has 0 bridgehead atoms. The second kappa shape index (κ2) is 6.58. The fourth-order valence-electron chi connectivity index (χ4n) is 2.36. The summed E-state index contributed by atoms with van der Waals surface area (Å²) in [4.78, 5) is 2.64. The van der Waals surface area contributed by atoms with E-state index in [1.54, 1.807) is 20.3 Å². The van der Waals surface area contributed by atoms with E-state index in [9.17, 15) is 0 Å². The van der Waals surface area contributed by atoms with Crippen LogP contribution in [-0.4, -0.2) is 14.2 Å². The lowest BCUT2D eigenvalue weighted by Gasteiger charge is -2.19.